The first-order valence-electron chi connectivity index (χ1n) is 46.1. The molecule has 0 radical (unpaired) electrons. The van der Waals surface area contributed by atoms with Crippen LogP contribution in [0.1, 0.15) is 508 Å². The molecular formula is C118H253N5O20. The molecule has 25 heteroatoms. The van der Waals surface area contributed by atoms with Crippen LogP contribution in [0, 0.1) is 59.6 Å². The molecule has 0 fully saturated rings. The fourth-order valence-corrected chi connectivity index (χ4v) is 7.71. The predicted octanol–water partition coefficient (Wildman–Crippen LogP) is 29.5. The normalized spacial score (nSPS) is 11.4. The Kier molecular flexibility index (Phi) is 111. The van der Waals surface area contributed by atoms with Crippen molar-refractivity contribution in [2.45, 2.75) is 542 Å². The molecule has 0 unspecified atom stereocenters. The van der Waals surface area contributed by atoms with Gasteiger partial charge in [-0.15, -0.1) is 0 Å². The number of hydrogen-bond donors (Lipinski definition) is 5. The summed E-state index contributed by atoms with van der Waals surface area (Å²) < 4.78 is 30.8. The summed E-state index contributed by atoms with van der Waals surface area (Å²) in [5.74, 6) is 0.0685. The number of amides is 5. The number of ether oxygens (including phenoxy) is 6. The van der Waals surface area contributed by atoms with E-state index in [0.29, 0.717) is 31.0 Å². The van der Waals surface area contributed by atoms with Crippen LogP contribution < -0.4 is 26.6 Å². The third-order valence-corrected chi connectivity index (χ3v) is 16.0. The van der Waals surface area contributed by atoms with E-state index in [1.54, 1.807) is 12.2 Å². The molecule has 0 aromatic heterocycles. The molecule has 0 aliphatic rings. The highest BCUT2D eigenvalue weighted by Crippen LogP contribution is 2.26. The van der Waals surface area contributed by atoms with E-state index in [1.807, 2.05) is 331 Å². The molecular weight excluding hydrogens is 1810 g/mol. The minimum Gasteiger partial charge on any atom is -0.460 e. The van der Waals surface area contributed by atoms with Gasteiger partial charge < -0.3 is 55.0 Å². The van der Waals surface area contributed by atoms with E-state index in [0.717, 1.165) is 37.7 Å². The molecule has 25 nitrogen and oxygen atoms in total. The Balaban J connectivity index is -0.0000000572. The molecule has 0 aliphatic heterocycles. The molecule has 0 aliphatic carbocycles. The number of carbonyl (C=O) groups is 14. The summed E-state index contributed by atoms with van der Waals surface area (Å²) in [6, 6.07) is 0. The van der Waals surface area contributed by atoms with Crippen molar-refractivity contribution in [1.29, 1.82) is 0 Å². The molecule has 5 amide bonds. The summed E-state index contributed by atoms with van der Waals surface area (Å²) in [7, 11) is 0. The van der Waals surface area contributed by atoms with Crippen molar-refractivity contribution in [2.24, 2.45) is 59.6 Å². The van der Waals surface area contributed by atoms with Crippen molar-refractivity contribution in [1.82, 2.24) is 26.6 Å². The second kappa shape index (κ2) is 83.3. The molecule has 5 N–H and O–H groups in total. The molecule has 0 aromatic rings. The van der Waals surface area contributed by atoms with E-state index in [2.05, 4.69) is 68.1 Å². The van der Waals surface area contributed by atoms with Gasteiger partial charge in [0.25, 0.3) is 0 Å². The van der Waals surface area contributed by atoms with Gasteiger partial charge in [0.15, 0.2) is 34.7 Å². The molecule has 0 aromatic carbocycles. The predicted molar refractivity (Wildman–Crippen MR) is 622 cm³/mol. The molecule has 0 bridgehead atoms. The lowest BCUT2D eigenvalue weighted by molar-refractivity contribution is -0.164. The van der Waals surface area contributed by atoms with Gasteiger partial charge in [-0.1, -0.05) is 329 Å². The molecule has 0 heterocycles. The van der Waals surface area contributed by atoms with Gasteiger partial charge in [-0.3, -0.25) is 67.1 Å². The number of unbranched alkanes of at least 4 members (excludes halogenated alkanes) is 3. The van der Waals surface area contributed by atoms with Crippen molar-refractivity contribution < 1.29 is 95.5 Å². The number of ketones is 8. The second-order valence-corrected chi connectivity index (χ2v) is 51.2. The van der Waals surface area contributed by atoms with Crippen LogP contribution in [0.2, 0.25) is 0 Å². The second-order valence-electron chi connectivity index (χ2n) is 51.2. The lowest BCUT2D eigenvalue weighted by Crippen LogP contribution is -2.44. The minimum absolute atomic E-state index is 0. The largest absolute Gasteiger partial charge is 0.460 e. The summed E-state index contributed by atoms with van der Waals surface area (Å²) >= 11 is 0. The number of carbonyl (C=O) groups excluding carboxylic acids is 14. The lowest BCUT2D eigenvalue weighted by Gasteiger charge is -2.25. The SMILES string of the molecule is C.C.C.C.C.C.C.C.C.C.C.C.C.CC(C)(C)/C=C/C(=O)NC(C)(C)C.CC(C)(C)C(=O)CCCCCCC(=O)C(C)(C)C.CC(C)(C)C(=O)COCC(=O)C(C)(C)C.CC(C)(C)CCOCC(=O)C(C)(C)C.CC(C)(C)NC(=O)COCC(=O)C(C)(C)C.CC(C)(C)NC(=O)COCC(=O)C(C)(C)C.CC(C)(C)NC(=O)COCC(=O)NC(C)(C)C.CC(C)(C)OC(=O)C(C)(C)C.CC(C)=CC(=O)C(C)(C)C. The highest BCUT2D eigenvalue weighted by atomic mass is 16.6. The molecule has 870 valence electrons. The first kappa shape index (κ1) is 191. The maximum Gasteiger partial charge on any atom is 0.311 e. The van der Waals surface area contributed by atoms with Crippen molar-refractivity contribution in [2.75, 3.05) is 66.1 Å². The standard InChI is InChI=1S/C16H30O2.C12H24N2O3.2C12H23NO3.C12H22O3.C12H24O2.C11H21NO.C9H18O2.C9H16O.13CH4/c1-15(2,3)13(17)11-9-7-8-10-12-14(18)16(4,5)6;1-11(2,3)13-9(15)7-17-8-10(16)14-12(4,5)6;2*1-11(2,3)9(14)7-16-8-10(15)13-12(4,5)6;1-11(2,3)9(13)7-15-8-10(14)12(4,5)6;1-11(2,3)7-8-14-9-10(13)12(4,5)6;1-10(2,3)8-7-9(13)12-11(4,5)6;1-8(2,3)7(10)11-9(4,5)6;1-7(2)6-8(10)9(3,4)5;;;;;;;;;;;;;/h7-12H2,1-6H3;7-8H2,1-6H3,(H,13,15)(H,14,16);2*7-8H2,1-6H3,(H,13,15);7-8H2,1-6H3;7-9H2,1-6H3;7-8H,1-6H3,(H,12,13);1-6H3;6H,1-5H3;13*1H4/b;;;;;;8-7+;;;;;;;;;;;;;;;. The average molecular weight is 2060 g/mol. The Labute approximate surface area is 890 Å². The van der Waals surface area contributed by atoms with Gasteiger partial charge in [0.1, 0.15) is 76.6 Å². The van der Waals surface area contributed by atoms with Crippen LogP contribution in [-0.4, -0.2) is 181 Å². The van der Waals surface area contributed by atoms with Gasteiger partial charge in [-0.25, -0.2) is 0 Å². The van der Waals surface area contributed by atoms with Crippen LogP contribution in [0.25, 0.3) is 0 Å². The van der Waals surface area contributed by atoms with E-state index < -0.39 is 27.1 Å². The Bertz CT molecular complexity index is 3300. The number of nitrogens with one attached hydrogen (secondary N) is 5. The Hall–Kier alpha value is -6.54. The van der Waals surface area contributed by atoms with Gasteiger partial charge in [0.2, 0.25) is 29.5 Å². The van der Waals surface area contributed by atoms with Crippen molar-refractivity contribution in [3.8, 4) is 0 Å². The Morgan fingerprint density at radius 3 is 0.594 bits per heavy atom. The lowest BCUT2D eigenvalue weighted by atomic mass is 9.86. The van der Waals surface area contributed by atoms with Crippen molar-refractivity contribution in [3.05, 3.63) is 23.8 Å². The smallest absolute Gasteiger partial charge is 0.311 e. The van der Waals surface area contributed by atoms with Crippen LogP contribution in [0.3, 0.4) is 0 Å². The number of rotatable bonds is 29. The Morgan fingerprint density at radius 1 is 0.238 bits per heavy atom. The fourth-order valence-electron chi connectivity index (χ4n) is 7.71. The zero-order chi connectivity index (χ0) is 106. The van der Waals surface area contributed by atoms with E-state index in [1.165, 1.54) is 0 Å². The highest BCUT2D eigenvalue weighted by molar-refractivity contribution is 5.94. The maximum absolute atomic E-state index is 11.7. The van der Waals surface area contributed by atoms with E-state index >= 15 is 0 Å². The first-order valence-corrected chi connectivity index (χ1v) is 46.1. The van der Waals surface area contributed by atoms with Gasteiger partial charge in [-0.2, -0.15) is 0 Å². The topological polar surface area (TPSA) is 355 Å². The average Bonchev–Trinajstić information content (AvgIpc) is 0.883. The summed E-state index contributed by atoms with van der Waals surface area (Å²) in [6.07, 6.45) is 11.6. The van der Waals surface area contributed by atoms with Gasteiger partial charge in [0, 0.05) is 90.5 Å². The molecule has 0 rings (SSSR count). The van der Waals surface area contributed by atoms with Crippen LogP contribution >= 0.6 is 0 Å². The highest BCUT2D eigenvalue weighted by Gasteiger charge is 2.31. The molecule has 0 saturated carbocycles. The van der Waals surface area contributed by atoms with Gasteiger partial charge in [-0.05, 0) is 201 Å². The van der Waals surface area contributed by atoms with Gasteiger partial charge >= 0.3 is 5.97 Å². The van der Waals surface area contributed by atoms with Crippen LogP contribution in [0.15, 0.2) is 23.8 Å². The summed E-state index contributed by atoms with van der Waals surface area (Å²) in [5.41, 5.74) is -3.15. The number of allylic oxidation sites excluding steroid dienone is 3. The van der Waals surface area contributed by atoms with Crippen molar-refractivity contribution in [3.63, 3.8) is 0 Å². The first-order chi connectivity index (χ1) is 56.8. The van der Waals surface area contributed by atoms with Crippen LogP contribution in [0.5, 0.6) is 0 Å². The minimum atomic E-state index is -0.416. The molecule has 143 heavy (non-hydrogen) atoms. The Morgan fingerprint density at radius 2 is 0.441 bits per heavy atom. The monoisotopic (exact) mass is 2060 g/mol. The quantitative estimate of drug-likeness (QED) is 0.0264. The zero-order valence-electron chi connectivity index (χ0n) is 93.4. The van der Waals surface area contributed by atoms with E-state index in [-0.39, 0.29) is 292 Å². The molecule has 0 saturated heterocycles. The van der Waals surface area contributed by atoms with Crippen LogP contribution in [-0.2, 0) is 95.5 Å². The zero-order valence-corrected chi connectivity index (χ0v) is 93.4. The maximum atomic E-state index is 11.7. The summed E-state index contributed by atoms with van der Waals surface area (Å²) in [5, 5.41) is 13.9. The molecule has 0 spiro atoms. The third kappa shape index (κ3) is 146. The van der Waals surface area contributed by atoms with Crippen LogP contribution in [0.4, 0.5) is 0 Å². The fraction of sp³-hybridized carbons (Fsp3) is 0.847. The molecule has 0 atom stereocenters. The number of Topliss-reactive ketones (excluding diaryl/α,β-unsaturated/α-hetero) is 7. The summed E-state index contributed by atoms with van der Waals surface area (Å²) in [6.45, 7) is 102. The third-order valence-electron chi connectivity index (χ3n) is 16.0. The number of esters is 1. The summed E-state index contributed by atoms with van der Waals surface area (Å²) in [4.78, 5) is 160. The number of hydrogen-bond acceptors (Lipinski definition) is 20. The van der Waals surface area contributed by atoms with Crippen molar-refractivity contribution >= 4 is 81.8 Å². The van der Waals surface area contributed by atoms with E-state index in [4.69, 9.17) is 28.4 Å². The van der Waals surface area contributed by atoms with Gasteiger partial charge in [0.05, 0.1) is 5.41 Å². The van der Waals surface area contributed by atoms with E-state index in [9.17, 15) is 67.1 Å².